The first-order valence-electron chi connectivity index (χ1n) is 3.19. The molecule has 1 rings (SSSR count). The Morgan fingerprint density at radius 1 is 1.42 bits per heavy atom. The molecule has 2 nitrogen and oxygen atoms in total. The van der Waals surface area contributed by atoms with Crippen LogP contribution >= 0.6 is 11.6 Å². The van der Waals surface area contributed by atoms with Crippen LogP contribution in [-0.4, -0.2) is 0 Å². The summed E-state index contributed by atoms with van der Waals surface area (Å²) in [6.07, 6.45) is -2.55. The van der Waals surface area contributed by atoms with Gasteiger partial charge in [-0.15, -0.1) is 0 Å². The molecule has 0 aromatic heterocycles. The van der Waals surface area contributed by atoms with Crippen LogP contribution in [0.15, 0.2) is 18.2 Å². The van der Waals surface area contributed by atoms with Gasteiger partial charge in [-0.1, -0.05) is 11.6 Å². The second-order valence-electron chi connectivity index (χ2n) is 2.18. The average Bonchev–Trinajstić information content (AvgIpc) is 2.03. The van der Waals surface area contributed by atoms with E-state index in [-0.39, 0.29) is 11.3 Å². The number of hydrazine groups is 1. The van der Waals surface area contributed by atoms with Crippen molar-refractivity contribution in [1.29, 1.82) is 0 Å². The quantitative estimate of drug-likeness (QED) is 0.558. The zero-order chi connectivity index (χ0) is 9.14. The number of alkyl halides is 2. The van der Waals surface area contributed by atoms with Crippen LogP contribution in [0.3, 0.4) is 0 Å². The Bertz CT molecular complexity index is 278. The number of anilines is 1. The number of nitrogens with one attached hydrogen (secondary N) is 1. The lowest BCUT2D eigenvalue weighted by Gasteiger charge is -2.07. The van der Waals surface area contributed by atoms with Gasteiger partial charge >= 0.3 is 0 Å². The monoisotopic (exact) mass is 192 g/mol. The van der Waals surface area contributed by atoms with Crippen molar-refractivity contribution in [2.24, 2.45) is 5.84 Å². The fraction of sp³-hybridized carbons (Fsp3) is 0.143. The van der Waals surface area contributed by atoms with Crippen molar-refractivity contribution < 1.29 is 8.78 Å². The van der Waals surface area contributed by atoms with Gasteiger partial charge in [0.25, 0.3) is 6.43 Å². The lowest BCUT2D eigenvalue weighted by Crippen LogP contribution is -2.09. The van der Waals surface area contributed by atoms with E-state index in [9.17, 15) is 8.78 Å². The van der Waals surface area contributed by atoms with Crippen LogP contribution in [-0.2, 0) is 0 Å². The molecule has 0 saturated carbocycles. The highest BCUT2D eigenvalue weighted by Crippen LogP contribution is 2.28. The third-order valence-electron chi connectivity index (χ3n) is 1.41. The molecule has 1 aromatic rings. The third-order valence-corrected chi connectivity index (χ3v) is 1.64. The van der Waals surface area contributed by atoms with E-state index in [4.69, 9.17) is 17.4 Å². The van der Waals surface area contributed by atoms with Gasteiger partial charge in [-0.25, -0.2) is 8.78 Å². The molecule has 5 heteroatoms. The summed E-state index contributed by atoms with van der Waals surface area (Å²) >= 11 is 5.56. The Kier molecular flexibility index (Phi) is 2.83. The van der Waals surface area contributed by atoms with Crippen molar-refractivity contribution in [3.63, 3.8) is 0 Å². The van der Waals surface area contributed by atoms with Crippen LogP contribution in [0.4, 0.5) is 14.5 Å². The fourth-order valence-corrected chi connectivity index (χ4v) is 1.02. The van der Waals surface area contributed by atoms with Crippen LogP contribution < -0.4 is 11.3 Å². The van der Waals surface area contributed by atoms with Gasteiger partial charge < -0.3 is 5.43 Å². The smallest absolute Gasteiger partial charge is 0.265 e. The maximum atomic E-state index is 12.2. The topological polar surface area (TPSA) is 38.0 Å². The molecule has 0 aliphatic carbocycles. The second-order valence-corrected chi connectivity index (χ2v) is 2.61. The Morgan fingerprint density at radius 2 is 2.08 bits per heavy atom. The maximum absolute atomic E-state index is 12.2. The Morgan fingerprint density at radius 3 is 2.58 bits per heavy atom. The lowest BCUT2D eigenvalue weighted by atomic mass is 10.2. The van der Waals surface area contributed by atoms with Crippen molar-refractivity contribution in [3.05, 3.63) is 28.8 Å². The molecule has 3 N–H and O–H groups in total. The summed E-state index contributed by atoms with van der Waals surface area (Å²) in [6, 6.07) is 3.98. The largest absolute Gasteiger partial charge is 0.324 e. The van der Waals surface area contributed by atoms with Crippen molar-refractivity contribution in [3.8, 4) is 0 Å². The Labute approximate surface area is 73.3 Å². The van der Waals surface area contributed by atoms with E-state index in [1.807, 2.05) is 0 Å². The van der Waals surface area contributed by atoms with E-state index in [0.717, 1.165) is 0 Å². The summed E-state index contributed by atoms with van der Waals surface area (Å²) in [5.74, 6) is 5.02. The van der Waals surface area contributed by atoms with Crippen molar-refractivity contribution in [2.45, 2.75) is 6.43 Å². The van der Waals surface area contributed by atoms with Crippen LogP contribution in [0.2, 0.25) is 5.02 Å². The van der Waals surface area contributed by atoms with E-state index in [1.54, 1.807) is 0 Å². The van der Waals surface area contributed by atoms with Gasteiger partial charge in [-0.2, -0.15) is 0 Å². The van der Waals surface area contributed by atoms with E-state index in [2.05, 4.69) is 5.43 Å². The molecule has 0 bridgehead atoms. The van der Waals surface area contributed by atoms with Crippen LogP contribution in [0.5, 0.6) is 0 Å². The van der Waals surface area contributed by atoms with E-state index >= 15 is 0 Å². The first kappa shape index (κ1) is 9.22. The fourth-order valence-electron chi connectivity index (χ4n) is 0.844. The van der Waals surface area contributed by atoms with Crippen molar-refractivity contribution in [2.75, 3.05) is 5.43 Å². The summed E-state index contributed by atoms with van der Waals surface area (Å²) in [5, 5.41) is 0.368. The van der Waals surface area contributed by atoms with E-state index in [1.165, 1.54) is 18.2 Å². The minimum atomic E-state index is -2.55. The Hall–Kier alpha value is -0.870. The molecule has 0 fully saturated rings. The SMILES string of the molecule is NNc1cc(Cl)ccc1C(F)F. The van der Waals surface area contributed by atoms with Crippen LogP contribution in [0.1, 0.15) is 12.0 Å². The Balaban J connectivity index is 3.11. The third kappa shape index (κ3) is 1.84. The first-order valence-corrected chi connectivity index (χ1v) is 3.57. The summed E-state index contributed by atoms with van der Waals surface area (Å²) in [6.45, 7) is 0. The van der Waals surface area contributed by atoms with Gasteiger partial charge in [0, 0.05) is 10.6 Å². The molecule has 66 valence electrons. The van der Waals surface area contributed by atoms with Crippen LogP contribution in [0, 0.1) is 0 Å². The average molecular weight is 193 g/mol. The van der Waals surface area contributed by atoms with Crippen molar-refractivity contribution >= 4 is 17.3 Å². The zero-order valence-electron chi connectivity index (χ0n) is 6.02. The summed E-state index contributed by atoms with van der Waals surface area (Å²) in [5.41, 5.74) is 2.15. The summed E-state index contributed by atoms with van der Waals surface area (Å²) in [4.78, 5) is 0. The number of benzene rings is 1. The van der Waals surface area contributed by atoms with Gasteiger partial charge in [0.1, 0.15) is 0 Å². The lowest BCUT2D eigenvalue weighted by molar-refractivity contribution is 0.152. The predicted molar refractivity (Wildman–Crippen MR) is 44.2 cm³/mol. The molecule has 0 aliphatic heterocycles. The number of nitrogens with two attached hydrogens (primary N) is 1. The van der Waals surface area contributed by atoms with Gasteiger partial charge in [0.2, 0.25) is 0 Å². The van der Waals surface area contributed by atoms with E-state index < -0.39 is 6.43 Å². The van der Waals surface area contributed by atoms with Gasteiger partial charge in [-0.05, 0) is 18.2 Å². The molecule has 0 amide bonds. The molecule has 0 spiro atoms. The summed E-state index contributed by atoms with van der Waals surface area (Å²) < 4.78 is 24.4. The van der Waals surface area contributed by atoms with Gasteiger partial charge in [0.05, 0.1) is 5.69 Å². The molecule has 0 aliphatic rings. The maximum Gasteiger partial charge on any atom is 0.265 e. The predicted octanol–water partition coefficient (Wildman–Crippen LogP) is 2.56. The first-order chi connectivity index (χ1) is 5.65. The molecule has 0 saturated heterocycles. The van der Waals surface area contributed by atoms with Crippen LogP contribution in [0.25, 0.3) is 0 Å². The molecule has 0 heterocycles. The minimum Gasteiger partial charge on any atom is -0.324 e. The number of hydrogen-bond acceptors (Lipinski definition) is 2. The zero-order valence-corrected chi connectivity index (χ0v) is 6.78. The number of nitrogen functional groups attached to an aromatic ring is 1. The highest BCUT2D eigenvalue weighted by molar-refractivity contribution is 6.30. The van der Waals surface area contributed by atoms with Gasteiger partial charge in [0.15, 0.2) is 0 Å². The molecule has 0 radical (unpaired) electrons. The standard InChI is InChI=1S/C7H7ClF2N2/c8-4-1-2-5(7(9)10)6(3-4)12-11/h1-3,7,12H,11H2. The molecule has 0 unspecified atom stereocenters. The highest BCUT2D eigenvalue weighted by Gasteiger charge is 2.11. The number of rotatable bonds is 2. The van der Waals surface area contributed by atoms with Gasteiger partial charge in [-0.3, -0.25) is 5.84 Å². The molecule has 0 atom stereocenters. The summed E-state index contributed by atoms with van der Waals surface area (Å²) in [7, 11) is 0. The number of hydrogen-bond donors (Lipinski definition) is 2. The number of halogens is 3. The molecule has 12 heavy (non-hydrogen) atoms. The normalized spacial score (nSPS) is 10.4. The molecular formula is C7H7ClF2N2. The minimum absolute atomic E-state index is 0.150. The highest BCUT2D eigenvalue weighted by atomic mass is 35.5. The molecule has 1 aromatic carbocycles. The second kappa shape index (κ2) is 3.69. The van der Waals surface area contributed by atoms with Crippen molar-refractivity contribution in [1.82, 2.24) is 0 Å². The molecular weight excluding hydrogens is 186 g/mol. The van der Waals surface area contributed by atoms with E-state index in [0.29, 0.717) is 5.02 Å².